The van der Waals surface area contributed by atoms with E-state index in [0.717, 1.165) is 56.4 Å². The quantitative estimate of drug-likeness (QED) is 0.155. The number of benzene rings is 3. The minimum absolute atomic E-state index is 0.0295. The number of carboxylic acids is 1. The van der Waals surface area contributed by atoms with E-state index in [-0.39, 0.29) is 44.5 Å². The van der Waals surface area contributed by atoms with Crippen molar-refractivity contribution >= 4 is 22.8 Å². The van der Waals surface area contributed by atoms with Crippen LogP contribution >= 0.6 is 0 Å². The molecular weight excluding hydrogens is 508 g/mol. The average Bonchev–Trinajstić information content (AvgIpc) is 2.88. The van der Waals surface area contributed by atoms with Crippen LogP contribution in [0.2, 0.25) is 0 Å². The molecule has 4 rings (SSSR count). The zero-order valence-electron chi connectivity index (χ0n) is 21.6. The smallest absolute Gasteiger partial charge is 0.336 e. The third-order valence-electron chi connectivity index (χ3n) is 6.62. The predicted octanol–water partition coefficient (Wildman–Crippen LogP) is 6.58. The van der Waals surface area contributed by atoms with Gasteiger partial charge in [-0.3, -0.25) is 9.59 Å². The number of halogens is 2. The molecular formula is C30H29F2NO6. The largest absolute Gasteiger partial charge is 0.505 e. The molecule has 0 atom stereocenters. The molecule has 3 N–H and O–H groups in total. The van der Waals surface area contributed by atoms with E-state index in [9.17, 15) is 33.4 Å². The highest BCUT2D eigenvalue weighted by atomic mass is 19.1. The molecule has 2 aromatic carbocycles. The zero-order valence-corrected chi connectivity index (χ0v) is 21.6. The highest BCUT2D eigenvalue weighted by Crippen LogP contribution is 2.43. The number of carbonyl (C=O) groups excluding carboxylic acids is 1. The van der Waals surface area contributed by atoms with Crippen LogP contribution in [0.3, 0.4) is 0 Å². The summed E-state index contributed by atoms with van der Waals surface area (Å²) in [5.74, 6) is -4.06. The van der Waals surface area contributed by atoms with Crippen LogP contribution in [-0.4, -0.2) is 28.6 Å². The molecule has 1 heterocycles. The third-order valence-corrected chi connectivity index (χ3v) is 6.62. The number of fused-ring (bicyclic) bond motifs is 2. The maximum Gasteiger partial charge on any atom is 0.336 e. The van der Waals surface area contributed by atoms with Crippen LogP contribution in [-0.2, 0) is 0 Å². The first-order valence-electron chi connectivity index (χ1n) is 12.8. The standard InChI is InChI=1S/C30H29F2NO6/c1-16(2)7-5-3-4-6-10-33-29(36)17-8-9-18(19(11-17)30(37)38)28-20-12-22(31)24(34)14-26(20)39-27-15-25(35)23(32)13-21(27)28/h8-9,11-16,34H,3-7,10H2,1-2H3,(H,33,36)(H,37,38). The molecule has 0 bridgehead atoms. The van der Waals surface area contributed by atoms with Crippen molar-refractivity contribution in [2.75, 3.05) is 6.54 Å². The van der Waals surface area contributed by atoms with Gasteiger partial charge in [0.1, 0.15) is 11.3 Å². The molecule has 2 aliphatic rings. The molecule has 0 saturated heterocycles. The summed E-state index contributed by atoms with van der Waals surface area (Å²) in [6.45, 7) is 4.80. The molecule has 0 saturated carbocycles. The molecule has 2 aromatic rings. The third kappa shape index (κ3) is 6.08. The van der Waals surface area contributed by atoms with E-state index in [2.05, 4.69) is 19.2 Å². The van der Waals surface area contributed by atoms with E-state index in [1.54, 1.807) is 0 Å². The van der Waals surface area contributed by atoms with Gasteiger partial charge in [-0.05, 0) is 42.2 Å². The van der Waals surface area contributed by atoms with Crippen LogP contribution in [0, 0.1) is 17.6 Å². The lowest BCUT2D eigenvalue weighted by molar-refractivity contribution is 0.0697. The lowest BCUT2D eigenvalue weighted by atomic mass is 9.89. The van der Waals surface area contributed by atoms with Gasteiger partial charge in [0.05, 0.1) is 5.56 Å². The average molecular weight is 538 g/mol. The normalized spacial score (nSPS) is 11.4. The van der Waals surface area contributed by atoms with Gasteiger partial charge in [0, 0.05) is 40.8 Å². The first kappa shape index (κ1) is 27.8. The maximum atomic E-state index is 14.4. The summed E-state index contributed by atoms with van der Waals surface area (Å²) in [5.41, 5.74) is -1.01. The summed E-state index contributed by atoms with van der Waals surface area (Å²) in [7, 11) is 0. The number of carbonyl (C=O) groups is 2. The van der Waals surface area contributed by atoms with E-state index >= 15 is 0 Å². The van der Waals surface area contributed by atoms with Crippen LogP contribution in [0.15, 0.2) is 51.7 Å². The number of unbranched alkanes of at least 4 members (excludes halogenated alkanes) is 3. The van der Waals surface area contributed by atoms with Crippen LogP contribution in [0.25, 0.3) is 33.4 Å². The van der Waals surface area contributed by atoms with Crippen molar-refractivity contribution in [3.63, 3.8) is 0 Å². The SMILES string of the molecule is CC(C)CCCCCCNC(=O)c1ccc(-c2c3cc(F)c(=O)cc-3oc3cc(O)c(F)cc23)c(C(=O)O)c1. The Balaban J connectivity index is 1.71. The lowest BCUT2D eigenvalue weighted by Gasteiger charge is -2.17. The van der Waals surface area contributed by atoms with Crippen molar-refractivity contribution in [1.29, 1.82) is 0 Å². The summed E-state index contributed by atoms with van der Waals surface area (Å²) in [6.07, 6.45) is 5.14. The monoisotopic (exact) mass is 537 g/mol. The Bertz CT molecular complexity index is 1580. The maximum absolute atomic E-state index is 14.4. The van der Waals surface area contributed by atoms with Gasteiger partial charge in [-0.15, -0.1) is 0 Å². The Labute approximate surface area is 223 Å². The number of phenols is 1. The number of aromatic hydroxyl groups is 1. The topological polar surface area (TPSA) is 117 Å². The van der Waals surface area contributed by atoms with Crippen LogP contribution < -0.4 is 10.7 Å². The molecule has 204 valence electrons. The summed E-state index contributed by atoms with van der Waals surface area (Å²) in [6, 6.07) is 7.74. The van der Waals surface area contributed by atoms with Crippen LogP contribution in [0.4, 0.5) is 8.78 Å². The van der Waals surface area contributed by atoms with Gasteiger partial charge < -0.3 is 19.9 Å². The Kier molecular flexibility index (Phi) is 8.28. The molecule has 9 heteroatoms. The summed E-state index contributed by atoms with van der Waals surface area (Å²) in [5, 5.41) is 22.7. The fraction of sp³-hybridized carbons (Fsp3) is 0.300. The van der Waals surface area contributed by atoms with Crippen molar-refractivity contribution in [3.8, 4) is 28.2 Å². The number of nitrogens with one attached hydrogen (secondary N) is 1. The number of hydrogen-bond donors (Lipinski definition) is 3. The number of hydrogen-bond acceptors (Lipinski definition) is 5. The van der Waals surface area contributed by atoms with Gasteiger partial charge in [-0.2, -0.15) is 0 Å². The van der Waals surface area contributed by atoms with E-state index in [1.807, 2.05) is 0 Å². The Morgan fingerprint density at radius 1 is 0.949 bits per heavy atom. The van der Waals surface area contributed by atoms with Gasteiger partial charge >= 0.3 is 5.97 Å². The predicted molar refractivity (Wildman–Crippen MR) is 143 cm³/mol. The fourth-order valence-electron chi connectivity index (χ4n) is 4.61. The second-order valence-corrected chi connectivity index (χ2v) is 9.97. The molecule has 1 amide bonds. The molecule has 0 spiro atoms. The van der Waals surface area contributed by atoms with Crippen LogP contribution in [0.1, 0.15) is 66.7 Å². The number of phenolic OH excluding ortho intramolecular Hbond substituents is 1. The van der Waals surface area contributed by atoms with Crippen LogP contribution in [0.5, 0.6) is 5.75 Å². The molecule has 0 radical (unpaired) electrons. The highest BCUT2D eigenvalue weighted by Gasteiger charge is 2.25. The molecule has 0 fully saturated rings. The minimum atomic E-state index is -1.37. The van der Waals surface area contributed by atoms with Crippen molar-refractivity contribution in [2.45, 2.75) is 46.0 Å². The van der Waals surface area contributed by atoms with Crippen molar-refractivity contribution in [3.05, 3.63) is 75.4 Å². The molecule has 1 aliphatic carbocycles. The van der Waals surface area contributed by atoms with Gasteiger partial charge in [0.25, 0.3) is 5.91 Å². The molecule has 7 nitrogen and oxygen atoms in total. The summed E-state index contributed by atoms with van der Waals surface area (Å²) in [4.78, 5) is 37.0. The first-order chi connectivity index (χ1) is 18.6. The number of amides is 1. The van der Waals surface area contributed by atoms with Gasteiger partial charge in [0.2, 0.25) is 5.43 Å². The zero-order chi connectivity index (χ0) is 28.3. The summed E-state index contributed by atoms with van der Waals surface area (Å²) < 4.78 is 34.3. The van der Waals surface area contributed by atoms with E-state index in [4.69, 9.17) is 4.42 Å². The second-order valence-electron chi connectivity index (χ2n) is 9.97. The molecule has 0 aromatic heterocycles. The Morgan fingerprint density at radius 3 is 2.41 bits per heavy atom. The minimum Gasteiger partial charge on any atom is -0.505 e. The van der Waals surface area contributed by atoms with Gasteiger partial charge in [-0.1, -0.05) is 45.6 Å². The highest BCUT2D eigenvalue weighted by molar-refractivity contribution is 6.09. The Hall–Kier alpha value is -4.27. The van der Waals surface area contributed by atoms with E-state index in [1.165, 1.54) is 18.2 Å². The molecule has 0 unspecified atom stereocenters. The van der Waals surface area contributed by atoms with Crippen molar-refractivity contribution < 1.29 is 33.0 Å². The Morgan fingerprint density at radius 2 is 1.69 bits per heavy atom. The number of rotatable bonds is 10. The van der Waals surface area contributed by atoms with Crippen molar-refractivity contribution in [2.24, 2.45) is 5.92 Å². The number of aromatic carboxylic acids is 1. The first-order valence-corrected chi connectivity index (χ1v) is 12.8. The number of carboxylic acid groups (broad SMARTS) is 1. The van der Waals surface area contributed by atoms with Gasteiger partial charge in [0.15, 0.2) is 17.4 Å². The second kappa shape index (κ2) is 11.6. The summed E-state index contributed by atoms with van der Waals surface area (Å²) >= 11 is 0. The lowest BCUT2D eigenvalue weighted by Crippen LogP contribution is -2.24. The van der Waals surface area contributed by atoms with E-state index < -0.39 is 34.7 Å². The molecule has 39 heavy (non-hydrogen) atoms. The van der Waals surface area contributed by atoms with E-state index in [0.29, 0.717) is 12.5 Å². The van der Waals surface area contributed by atoms with Gasteiger partial charge in [-0.25, -0.2) is 13.6 Å². The molecule has 1 aliphatic heterocycles. The fourth-order valence-corrected chi connectivity index (χ4v) is 4.61. The van der Waals surface area contributed by atoms with Crippen molar-refractivity contribution in [1.82, 2.24) is 5.32 Å².